The van der Waals surface area contributed by atoms with E-state index < -0.39 is 12.8 Å². The highest BCUT2D eigenvalue weighted by molar-refractivity contribution is 6.02. The molecule has 3 aliphatic rings. The molecule has 1 aliphatic heterocycles. The zero-order chi connectivity index (χ0) is 16.8. The fourth-order valence-electron chi connectivity index (χ4n) is 4.22. The Hall–Kier alpha value is -2.11. The normalized spacial score (nSPS) is 29.4. The first-order valence-corrected chi connectivity index (χ1v) is 8.55. The van der Waals surface area contributed by atoms with E-state index >= 15 is 0 Å². The molecule has 0 saturated heterocycles. The van der Waals surface area contributed by atoms with E-state index in [1.807, 2.05) is 0 Å². The number of carbonyl (C=O) groups excluding carboxylic acids is 2. The third-order valence-corrected chi connectivity index (χ3v) is 5.51. The highest BCUT2D eigenvalue weighted by Gasteiger charge is 2.53. The molecule has 0 bridgehead atoms. The Kier molecular flexibility index (Phi) is 3.70. The molecule has 24 heavy (non-hydrogen) atoms. The van der Waals surface area contributed by atoms with Crippen molar-refractivity contribution in [3.05, 3.63) is 28.8 Å². The molecule has 0 spiro atoms. The lowest BCUT2D eigenvalue weighted by Crippen LogP contribution is -2.29. The summed E-state index contributed by atoms with van der Waals surface area (Å²) in [6.07, 6.45) is 3.43. The summed E-state index contributed by atoms with van der Waals surface area (Å²) in [6.45, 7) is -0.616. The van der Waals surface area contributed by atoms with Crippen molar-refractivity contribution in [2.45, 2.75) is 37.8 Å². The molecule has 2 amide bonds. The molecule has 2 fully saturated rings. The van der Waals surface area contributed by atoms with Crippen molar-refractivity contribution >= 4 is 11.8 Å². The fraction of sp³-hybridized carbons (Fsp3) is 0.556. The van der Waals surface area contributed by atoms with Crippen molar-refractivity contribution in [2.75, 3.05) is 13.7 Å². The zero-order valence-corrected chi connectivity index (χ0v) is 13.6. The number of amides is 2. The van der Waals surface area contributed by atoms with E-state index in [2.05, 4.69) is 10.6 Å². The van der Waals surface area contributed by atoms with E-state index in [1.54, 1.807) is 12.1 Å². The van der Waals surface area contributed by atoms with Gasteiger partial charge in [-0.25, -0.2) is 4.39 Å². The fourth-order valence-corrected chi connectivity index (χ4v) is 4.22. The van der Waals surface area contributed by atoms with Crippen LogP contribution in [0, 0.1) is 11.8 Å². The maximum atomic E-state index is 12.9. The van der Waals surface area contributed by atoms with Gasteiger partial charge < -0.3 is 15.4 Å². The van der Waals surface area contributed by atoms with Crippen LogP contribution in [0.1, 0.15) is 45.5 Å². The third kappa shape index (κ3) is 2.44. The van der Waals surface area contributed by atoms with Crippen LogP contribution in [0.15, 0.2) is 12.1 Å². The van der Waals surface area contributed by atoms with Crippen LogP contribution in [0.25, 0.3) is 0 Å². The number of halogens is 1. The summed E-state index contributed by atoms with van der Waals surface area (Å²) in [7, 11) is 1.52. The monoisotopic (exact) mass is 332 g/mol. The van der Waals surface area contributed by atoms with Crippen molar-refractivity contribution < 1.29 is 18.7 Å². The van der Waals surface area contributed by atoms with Crippen molar-refractivity contribution in [1.29, 1.82) is 0 Å². The number of alkyl halides is 1. The van der Waals surface area contributed by atoms with Crippen LogP contribution in [0.2, 0.25) is 0 Å². The van der Waals surface area contributed by atoms with Gasteiger partial charge in [-0.15, -0.1) is 0 Å². The molecule has 1 aromatic rings. The molecule has 2 aliphatic carbocycles. The number of hydrogen-bond donors (Lipinski definition) is 2. The Bertz CT molecular complexity index is 696. The largest absolute Gasteiger partial charge is 0.486 e. The second-order valence-corrected chi connectivity index (χ2v) is 6.95. The average Bonchev–Trinajstić information content (AvgIpc) is 3.01. The second-order valence-electron chi connectivity index (χ2n) is 6.95. The summed E-state index contributed by atoms with van der Waals surface area (Å²) in [5.74, 6) is 1.16. The van der Waals surface area contributed by atoms with Crippen LogP contribution >= 0.6 is 0 Å². The smallest absolute Gasteiger partial charge is 0.254 e. The van der Waals surface area contributed by atoms with E-state index in [4.69, 9.17) is 4.74 Å². The Balaban J connectivity index is 1.59. The van der Waals surface area contributed by atoms with Gasteiger partial charge in [0, 0.05) is 25.1 Å². The maximum absolute atomic E-state index is 12.9. The zero-order valence-electron chi connectivity index (χ0n) is 13.6. The topological polar surface area (TPSA) is 67.4 Å². The van der Waals surface area contributed by atoms with Gasteiger partial charge in [0.05, 0.1) is 5.56 Å². The predicted molar refractivity (Wildman–Crippen MR) is 86.0 cm³/mol. The van der Waals surface area contributed by atoms with Crippen molar-refractivity contribution in [2.24, 2.45) is 11.8 Å². The van der Waals surface area contributed by atoms with Gasteiger partial charge in [-0.2, -0.15) is 0 Å². The molecule has 5 nitrogen and oxygen atoms in total. The highest BCUT2D eigenvalue weighted by Crippen LogP contribution is 2.52. The van der Waals surface area contributed by atoms with E-state index in [0.717, 1.165) is 5.56 Å². The minimum Gasteiger partial charge on any atom is -0.486 e. The summed E-state index contributed by atoms with van der Waals surface area (Å²) in [5, 5.41) is 5.64. The molecular formula is C18H21FN2O3. The molecule has 6 heteroatoms. The molecule has 0 aromatic heterocycles. The molecule has 4 rings (SSSR count). The summed E-state index contributed by atoms with van der Waals surface area (Å²) >= 11 is 0. The van der Waals surface area contributed by atoms with Gasteiger partial charge in [0.25, 0.3) is 11.8 Å². The highest BCUT2D eigenvalue weighted by atomic mass is 19.1. The molecule has 128 valence electrons. The Morgan fingerprint density at radius 1 is 1.25 bits per heavy atom. The van der Waals surface area contributed by atoms with Crippen molar-refractivity contribution in [3.63, 3.8) is 0 Å². The van der Waals surface area contributed by atoms with E-state index in [9.17, 15) is 14.0 Å². The SMILES string of the molecule is CNC(=O)c1cc(C(=O)NC2C3CCCC32)cc2c1OC(CF)C2. The number of fused-ring (bicyclic) bond motifs is 2. The summed E-state index contributed by atoms with van der Waals surface area (Å²) in [6, 6.07) is 3.55. The Morgan fingerprint density at radius 2 is 2.00 bits per heavy atom. The van der Waals surface area contributed by atoms with E-state index in [-0.39, 0.29) is 17.9 Å². The quantitative estimate of drug-likeness (QED) is 0.884. The molecule has 0 radical (unpaired) electrons. The predicted octanol–water partition coefficient (Wildman–Crippen LogP) is 1.85. The van der Waals surface area contributed by atoms with Crippen LogP contribution in [0.5, 0.6) is 5.75 Å². The van der Waals surface area contributed by atoms with Gasteiger partial charge >= 0.3 is 0 Å². The second kappa shape index (κ2) is 5.76. The summed E-state index contributed by atoms with van der Waals surface area (Å²) in [4.78, 5) is 24.7. The molecule has 1 heterocycles. The first-order chi connectivity index (χ1) is 11.6. The molecule has 2 saturated carbocycles. The van der Waals surface area contributed by atoms with Crippen LogP contribution in [0.3, 0.4) is 0 Å². The molecular weight excluding hydrogens is 311 g/mol. The van der Waals surface area contributed by atoms with Crippen molar-refractivity contribution in [3.8, 4) is 5.75 Å². The van der Waals surface area contributed by atoms with Gasteiger partial charge in [0.2, 0.25) is 0 Å². The van der Waals surface area contributed by atoms with Crippen LogP contribution in [0.4, 0.5) is 4.39 Å². The Labute approximate surface area is 139 Å². The van der Waals surface area contributed by atoms with E-state index in [1.165, 1.54) is 26.3 Å². The first kappa shape index (κ1) is 15.4. The van der Waals surface area contributed by atoms with Crippen LogP contribution < -0.4 is 15.4 Å². The lowest BCUT2D eigenvalue weighted by Gasteiger charge is -2.12. The average molecular weight is 332 g/mol. The standard InChI is InChI=1S/C18H21FN2O3/c1-20-18(23)14-7-10(5-9-6-11(8-19)24-16(9)14)17(22)21-15-12-3-2-4-13(12)15/h5,7,11-13,15H,2-4,6,8H2,1H3,(H,20,23)(H,21,22). The van der Waals surface area contributed by atoms with Gasteiger partial charge in [0.1, 0.15) is 18.5 Å². The van der Waals surface area contributed by atoms with Crippen LogP contribution in [-0.2, 0) is 6.42 Å². The number of benzene rings is 1. The first-order valence-electron chi connectivity index (χ1n) is 8.55. The molecule has 2 N–H and O–H groups in total. The number of nitrogens with one attached hydrogen (secondary N) is 2. The number of hydrogen-bond acceptors (Lipinski definition) is 3. The number of carbonyl (C=O) groups is 2. The number of ether oxygens (including phenoxy) is 1. The minimum atomic E-state index is -0.616. The van der Waals surface area contributed by atoms with Crippen molar-refractivity contribution in [1.82, 2.24) is 10.6 Å². The van der Waals surface area contributed by atoms with Crippen LogP contribution in [-0.4, -0.2) is 37.7 Å². The Morgan fingerprint density at radius 3 is 2.67 bits per heavy atom. The summed E-state index contributed by atoms with van der Waals surface area (Å²) in [5.41, 5.74) is 1.47. The third-order valence-electron chi connectivity index (χ3n) is 5.51. The number of rotatable bonds is 4. The van der Waals surface area contributed by atoms with E-state index in [0.29, 0.717) is 35.1 Å². The maximum Gasteiger partial charge on any atom is 0.254 e. The molecule has 3 atom stereocenters. The van der Waals surface area contributed by atoms with Gasteiger partial charge in [0.15, 0.2) is 0 Å². The van der Waals surface area contributed by atoms with Gasteiger partial charge in [-0.1, -0.05) is 6.42 Å². The van der Waals surface area contributed by atoms with Gasteiger partial charge in [-0.3, -0.25) is 9.59 Å². The molecule has 3 unspecified atom stereocenters. The summed E-state index contributed by atoms with van der Waals surface area (Å²) < 4.78 is 18.5. The lowest BCUT2D eigenvalue weighted by molar-refractivity contribution is 0.0946. The molecule has 1 aromatic carbocycles. The minimum absolute atomic E-state index is 0.161. The lowest BCUT2D eigenvalue weighted by atomic mass is 10.0. The van der Waals surface area contributed by atoms with Gasteiger partial charge in [-0.05, 0) is 42.4 Å².